The molecular formula is C18H18N3. The van der Waals surface area contributed by atoms with Crippen LogP contribution in [0.4, 0.5) is 0 Å². The van der Waals surface area contributed by atoms with Crippen LogP contribution in [0.5, 0.6) is 0 Å². The molecule has 0 saturated heterocycles. The van der Waals surface area contributed by atoms with Crippen molar-refractivity contribution in [1.29, 1.82) is 0 Å². The Morgan fingerprint density at radius 2 is 1.76 bits per heavy atom. The van der Waals surface area contributed by atoms with Crippen molar-refractivity contribution in [3.63, 3.8) is 0 Å². The van der Waals surface area contributed by atoms with Crippen LogP contribution in [0.25, 0.3) is 11.4 Å². The van der Waals surface area contributed by atoms with Crippen molar-refractivity contribution in [3.8, 4) is 11.4 Å². The van der Waals surface area contributed by atoms with Crippen LogP contribution < -0.4 is 0 Å². The average molecular weight is 276 g/mol. The molecule has 0 saturated carbocycles. The number of aromatic amines is 1. The fourth-order valence-electron chi connectivity index (χ4n) is 2.22. The summed E-state index contributed by atoms with van der Waals surface area (Å²) < 4.78 is 0. The summed E-state index contributed by atoms with van der Waals surface area (Å²) in [4.78, 5) is 4.52. The minimum atomic E-state index is 0.751. The molecule has 0 aliphatic carbocycles. The zero-order chi connectivity index (χ0) is 14.5. The van der Waals surface area contributed by atoms with E-state index in [2.05, 4.69) is 64.9 Å². The van der Waals surface area contributed by atoms with Gasteiger partial charge in [-0.3, -0.25) is 5.10 Å². The minimum Gasteiger partial charge on any atom is -0.262 e. The van der Waals surface area contributed by atoms with E-state index in [0.717, 1.165) is 30.1 Å². The largest absolute Gasteiger partial charge is 0.262 e. The number of nitrogens with zero attached hydrogens (tertiary/aromatic N) is 2. The molecule has 0 fully saturated rings. The quantitative estimate of drug-likeness (QED) is 0.766. The first-order valence-electron chi connectivity index (χ1n) is 7.18. The number of hydrogen-bond donors (Lipinski definition) is 1. The van der Waals surface area contributed by atoms with Crippen molar-refractivity contribution in [3.05, 3.63) is 78.0 Å². The van der Waals surface area contributed by atoms with Crippen LogP contribution in [0, 0.1) is 13.3 Å². The maximum Gasteiger partial charge on any atom is 0.181 e. The molecule has 0 unspecified atom stereocenters. The Morgan fingerprint density at radius 1 is 1.00 bits per heavy atom. The second-order valence-corrected chi connectivity index (χ2v) is 5.14. The van der Waals surface area contributed by atoms with E-state index in [1.807, 2.05) is 18.2 Å². The van der Waals surface area contributed by atoms with Crippen molar-refractivity contribution in [1.82, 2.24) is 15.2 Å². The highest BCUT2D eigenvalue weighted by molar-refractivity contribution is 5.54. The van der Waals surface area contributed by atoms with Gasteiger partial charge in [0.15, 0.2) is 5.82 Å². The molecule has 0 bridgehead atoms. The molecule has 0 aliphatic heterocycles. The molecule has 3 nitrogen and oxygen atoms in total. The molecule has 0 spiro atoms. The number of hydrogen-bond acceptors (Lipinski definition) is 2. The van der Waals surface area contributed by atoms with Gasteiger partial charge in [-0.15, -0.1) is 0 Å². The van der Waals surface area contributed by atoms with Crippen molar-refractivity contribution in [2.75, 3.05) is 0 Å². The molecule has 3 aromatic rings. The van der Waals surface area contributed by atoms with Crippen molar-refractivity contribution in [2.45, 2.75) is 19.8 Å². The van der Waals surface area contributed by atoms with E-state index in [1.54, 1.807) is 0 Å². The zero-order valence-electron chi connectivity index (χ0n) is 12.1. The molecule has 21 heavy (non-hydrogen) atoms. The van der Waals surface area contributed by atoms with Crippen LogP contribution in [0.1, 0.15) is 23.4 Å². The normalized spacial score (nSPS) is 10.7. The number of nitrogens with one attached hydrogen (secondary N) is 1. The highest BCUT2D eigenvalue weighted by Gasteiger charge is 2.05. The Morgan fingerprint density at radius 3 is 2.52 bits per heavy atom. The first-order valence-corrected chi connectivity index (χ1v) is 7.18. The maximum atomic E-state index is 4.52. The molecule has 3 rings (SSSR count). The fraction of sp³-hybridized carbons (Fsp3) is 0.167. The van der Waals surface area contributed by atoms with Gasteiger partial charge in [-0.2, -0.15) is 5.10 Å². The molecule has 105 valence electrons. The first kappa shape index (κ1) is 13.6. The first-order chi connectivity index (χ1) is 10.3. The number of aromatic nitrogens is 3. The van der Waals surface area contributed by atoms with Gasteiger partial charge in [0.05, 0.1) is 0 Å². The van der Waals surface area contributed by atoms with Gasteiger partial charge < -0.3 is 0 Å². The van der Waals surface area contributed by atoms with Crippen molar-refractivity contribution < 1.29 is 0 Å². The Bertz CT molecular complexity index is 684. The Balaban J connectivity index is 1.59. The van der Waals surface area contributed by atoms with Crippen molar-refractivity contribution in [2.24, 2.45) is 0 Å². The van der Waals surface area contributed by atoms with Crippen LogP contribution in [0.3, 0.4) is 0 Å². The van der Waals surface area contributed by atoms with Gasteiger partial charge in [0, 0.05) is 12.0 Å². The topological polar surface area (TPSA) is 41.6 Å². The summed E-state index contributed by atoms with van der Waals surface area (Å²) in [6.45, 7) is 2.07. The van der Waals surface area contributed by atoms with Gasteiger partial charge in [0.2, 0.25) is 0 Å². The lowest BCUT2D eigenvalue weighted by atomic mass is 10.1. The van der Waals surface area contributed by atoms with Gasteiger partial charge in [0.1, 0.15) is 5.82 Å². The molecule has 0 atom stereocenters. The standard InChI is InChI=1S/C18H18N3/c1-14-10-12-16(13-11-14)18-19-17(20-21-18)9-5-8-15-6-3-2-4-7-15/h2-4,6-7,9-13H,5,8H2,1H3,(H,19,20,21). The smallest absolute Gasteiger partial charge is 0.181 e. The molecule has 1 aromatic heterocycles. The van der Waals surface area contributed by atoms with Gasteiger partial charge in [-0.05, 0) is 25.3 Å². The van der Waals surface area contributed by atoms with E-state index in [4.69, 9.17) is 0 Å². The summed E-state index contributed by atoms with van der Waals surface area (Å²) in [5.74, 6) is 1.59. The van der Waals surface area contributed by atoms with Crippen LogP contribution in [-0.2, 0) is 6.42 Å². The second kappa shape index (κ2) is 6.35. The summed E-state index contributed by atoms with van der Waals surface area (Å²) in [5, 5.41) is 7.26. The van der Waals surface area contributed by atoms with Gasteiger partial charge >= 0.3 is 0 Å². The predicted octanol–water partition coefficient (Wildman–Crippen LogP) is 3.97. The van der Waals surface area contributed by atoms with Gasteiger partial charge in [0.25, 0.3) is 0 Å². The third-order valence-electron chi connectivity index (χ3n) is 3.43. The van der Waals surface area contributed by atoms with E-state index in [9.17, 15) is 0 Å². The molecule has 1 N–H and O–H groups in total. The highest BCUT2D eigenvalue weighted by Crippen LogP contribution is 2.16. The van der Waals surface area contributed by atoms with Crippen LogP contribution >= 0.6 is 0 Å². The van der Waals surface area contributed by atoms with E-state index in [-0.39, 0.29) is 0 Å². The summed E-state index contributed by atoms with van der Waals surface area (Å²) in [6, 6.07) is 18.7. The van der Waals surface area contributed by atoms with E-state index in [0.29, 0.717) is 0 Å². The summed E-state index contributed by atoms with van der Waals surface area (Å²) in [6.07, 6.45) is 4.06. The average Bonchev–Trinajstić information content (AvgIpc) is 2.98. The molecule has 2 aromatic carbocycles. The lowest BCUT2D eigenvalue weighted by Gasteiger charge is -1.98. The molecule has 1 heterocycles. The Kier molecular flexibility index (Phi) is 4.10. The molecule has 3 heteroatoms. The molecule has 0 aliphatic rings. The minimum absolute atomic E-state index is 0.751. The fourth-order valence-corrected chi connectivity index (χ4v) is 2.22. The third kappa shape index (κ3) is 3.57. The molecule has 1 radical (unpaired) electrons. The monoisotopic (exact) mass is 276 g/mol. The zero-order valence-corrected chi connectivity index (χ0v) is 12.1. The van der Waals surface area contributed by atoms with Gasteiger partial charge in [-0.1, -0.05) is 60.2 Å². The third-order valence-corrected chi connectivity index (χ3v) is 3.43. The summed E-state index contributed by atoms with van der Waals surface area (Å²) >= 11 is 0. The lowest BCUT2D eigenvalue weighted by molar-refractivity contribution is 0.910. The predicted molar refractivity (Wildman–Crippen MR) is 84.7 cm³/mol. The number of benzene rings is 2. The number of H-pyrrole nitrogens is 1. The van der Waals surface area contributed by atoms with E-state index < -0.39 is 0 Å². The number of aryl methyl sites for hydroxylation is 2. The van der Waals surface area contributed by atoms with E-state index in [1.165, 1.54) is 11.1 Å². The van der Waals surface area contributed by atoms with Crippen LogP contribution in [0.2, 0.25) is 0 Å². The summed E-state index contributed by atoms with van der Waals surface area (Å²) in [7, 11) is 0. The highest BCUT2D eigenvalue weighted by atomic mass is 15.2. The molecule has 0 amide bonds. The Labute approximate surface area is 125 Å². The Hall–Kier alpha value is -2.42. The summed E-state index contributed by atoms with van der Waals surface area (Å²) in [5.41, 5.74) is 3.62. The maximum absolute atomic E-state index is 4.52. The second-order valence-electron chi connectivity index (χ2n) is 5.14. The van der Waals surface area contributed by atoms with Crippen LogP contribution in [-0.4, -0.2) is 15.2 Å². The van der Waals surface area contributed by atoms with E-state index >= 15 is 0 Å². The number of rotatable bonds is 5. The van der Waals surface area contributed by atoms with Gasteiger partial charge in [-0.25, -0.2) is 4.98 Å². The van der Waals surface area contributed by atoms with Crippen LogP contribution in [0.15, 0.2) is 54.6 Å². The lowest BCUT2D eigenvalue weighted by Crippen LogP contribution is -1.89. The SMILES string of the molecule is Cc1ccc(-c2n[nH]c([CH]CCc3ccccc3)n2)cc1. The molecular weight excluding hydrogens is 258 g/mol. The van der Waals surface area contributed by atoms with Crippen molar-refractivity contribution >= 4 is 0 Å².